The van der Waals surface area contributed by atoms with E-state index in [0.29, 0.717) is 29.5 Å². The molecule has 0 fully saturated rings. The van der Waals surface area contributed by atoms with Crippen LogP contribution in [0.5, 0.6) is 0 Å². The maximum absolute atomic E-state index is 11.6. The topological polar surface area (TPSA) is 32.7 Å². The lowest BCUT2D eigenvalue weighted by Gasteiger charge is -2.37. The minimum absolute atomic E-state index is 0.0218. The van der Waals surface area contributed by atoms with Gasteiger partial charge in [0.25, 0.3) is 0 Å². The van der Waals surface area contributed by atoms with Gasteiger partial charge in [-0.1, -0.05) is 53.7 Å². The van der Waals surface area contributed by atoms with Crippen molar-refractivity contribution in [2.75, 3.05) is 7.05 Å². The summed E-state index contributed by atoms with van der Waals surface area (Å²) in [5, 5.41) is 0. The van der Waals surface area contributed by atoms with Gasteiger partial charge in [-0.05, 0) is 44.4 Å². The molecule has 0 bridgehead atoms. The Hall–Kier alpha value is -1.38. The fourth-order valence-electron chi connectivity index (χ4n) is 2.98. The molecule has 3 unspecified atom stereocenters. The molecule has 0 rings (SSSR count). The zero-order valence-electron chi connectivity index (χ0n) is 18.0. The summed E-state index contributed by atoms with van der Waals surface area (Å²) in [7, 11) is 2.17. The van der Waals surface area contributed by atoms with E-state index in [9.17, 15) is 4.79 Å². The number of nitrogens with zero attached hydrogens (tertiary/aromatic N) is 2. The third-order valence-corrected chi connectivity index (χ3v) is 5.29. The quantitative estimate of drug-likeness (QED) is 0.345. The lowest BCUT2D eigenvalue weighted by Crippen LogP contribution is -2.37. The minimum atomic E-state index is 0.0218. The summed E-state index contributed by atoms with van der Waals surface area (Å²) in [5.41, 5.74) is 2.79. The first-order chi connectivity index (χ1) is 11.5. The van der Waals surface area contributed by atoms with Gasteiger partial charge in [0.05, 0.1) is 0 Å². The molecule has 0 radical (unpaired) electrons. The second kappa shape index (κ2) is 11.3. The number of hydrogen-bond acceptors (Lipinski definition) is 3. The number of carbonyl (C=O) groups excluding carboxylic acids is 1. The molecule has 3 atom stereocenters. The van der Waals surface area contributed by atoms with Crippen LogP contribution < -0.4 is 0 Å². The molecule has 0 aromatic rings. The van der Waals surface area contributed by atoms with Gasteiger partial charge in [-0.25, -0.2) is 0 Å². The van der Waals surface area contributed by atoms with Crippen LogP contribution in [0.3, 0.4) is 0 Å². The monoisotopic (exact) mass is 348 g/mol. The molecule has 3 heteroatoms. The van der Waals surface area contributed by atoms with Crippen molar-refractivity contribution in [3.05, 3.63) is 24.0 Å². The van der Waals surface area contributed by atoms with Crippen LogP contribution in [0.4, 0.5) is 0 Å². The van der Waals surface area contributed by atoms with Gasteiger partial charge >= 0.3 is 0 Å². The van der Waals surface area contributed by atoms with Gasteiger partial charge in [-0.3, -0.25) is 9.79 Å². The average Bonchev–Trinajstić information content (AvgIpc) is 2.55. The Labute approximate surface area is 156 Å². The molecule has 0 aliphatic rings. The van der Waals surface area contributed by atoms with Gasteiger partial charge in [0.1, 0.15) is 5.70 Å². The molecule has 0 saturated heterocycles. The van der Waals surface area contributed by atoms with Crippen molar-refractivity contribution in [3.8, 4) is 0 Å². The van der Waals surface area contributed by atoms with Crippen molar-refractivity contribution < 1.29 is 4.79 Å². The van der Waals surface area contributed by atoms with E-state index in [0.717, 1.165) is 18.6 Å². The Kier molecular flexibility index (Phi) is 10.7. The van der Waals surface area contributed by atoms with Gasteiger partial charge in [0, 0.05) is 31.4 Å². The highest BCUT2D eigenvalue weighted by Crippen LogP contribution is 2.25. The summed E-state index contributed by atoms with van der Waals surface area (Å²) in [6.45, 7) is 21.0. The summed E-state index contributed by atoms with van der Waals surface area (Å²) in [5.74, 6) is 1.54. The molecule has 0 aliphatic heterocycles. The molecular weight excluding hydrogens is 308 g/mol. The molecule has 144 valence electrons. The lowest BCUT2D eigenvalue weighted by atomic mass is 9.89. The molecule has 0 saturated carbocycles. The van der Waals surface area contributed by atoms with E-state index >= 15 is 0 Å². The number of hydrogen-bond donors (Lipinski definition) is 0. The van der Waals surface area contributed by atoms with E-state index in [2.05, 4.69) is 58.1 Å². The largest absolute Gasteiger partial charge is 0.375 e. The number of allylic oxidation sites excluding steroid dienone is 3. The molecule has 0 N–H and O–H groups in total. The van der Waals surface area contributed by atoms with Crippen molar-refractivity contribution in [1.29, 1.82) is 0 Å². The van der Waals surface area contributed by atoms with E-state index in [1.165, 1.54) is 12.1 Å². The predicted molar refractivity (Wildman–Crippen MR) is 111 cm³/mol. The Bertz CT molecular complexity index is 502. The minimum Gasteiger partial charge on any atom is -0.375 e. The number of carbonyl (C=O) groups is 1. The summed E-state index contributed by atoms with van der Waals surface area (Å²) in [6, 6.07) is 0.420. The Morgan fingerprint density at radius 2 is 1.76 bits per heavy atom. The SMILES string of the molecule is C=C(CC(C)CC)N(C)C(CC(C)C(C)=N/C(=C\C)C(C)=O)C(C)C. The van der Waals surface area contributed by atoms with Gasteiger partial charge in [-0.15, -0.1) is 0 Å². The van der Waals surface area contributed by atoms with Crippen LogP contribution in [0.15, 0.2) is 29.0 Å². The molecule has 0 amide bonds. The molecular formula is C22H40N2O. The number of ketones is 1. The van der Waals surface area contributed by atoms with E-state index in [4.69, 9.17) is 0 Å². The highest BCUT2D eigenvalue weighted by molar-refractivity contribution is 5.97. The zero-order chi connectivity index (χ0) is 19.7. The molecule has 25 heavy (non-hydrogen) atoms. The maximum atomic E-state index is 11.6. The van der Waals surface area contributed by atoms with Gasteiger partial charge in [-0.2, -0.15) is 0 Å². The summed E-state index contributed by atoms with van der Waals surface area (Å²) in [4.78, 5) is 18.5. The second-order valence-electron chi connectivity index (χ2n) is 7.83. The molecule has 0 heterocycles. The van der Waals surface area contributed by atoms with Crippen LogP contribution >= 0.6 is 0 Å². The fraction of sp³-hybridized carbons (Fsp3) is 0.727. The van der Waals surface area contributed by atoms with E-state index in [1.807, 2.05) is 13.8 Å². The van der Waals surface area contributed by atoms with Crippen molar-refractivity contribution in [3.63, 3.8) is 0 Å². The fourth-order valence-corrected chi connectivity index (χ4v) is 2.98. The first-order valence-electron chi connectivity index (χ1n) is 9.67. The first-order valence-corrected chi connectivity index (χ1v) is 9.67. The van der Waals surface area contributed by atoms with Crippen LogP contribution in [0, 0.1) is 17.8 Å². The Morgan fingerprint density at radius 3 is 2.16 bits per heavy atom. The van der Waals surface area contributed by atoms with Crippen LogP contribution in [-0.2, 0) is 4.79 Å². The van der Waals surface area contributed by atoms with E-state index < -0.39 is 0 Å². The Balaban J connectivity index is 5.16. The highest BCUT2D eigenvalue weighted by atomic mass is 16.1. The average molecular weight is 349 g/mol. The van der Waals surface area contributed by atoms with Crippen LogP contribution in [0.1, 0.15) is 74.7 Å². The van der Waals surface area contributed by atoms with Crippen LogP contribution in [-0.4, -0.2) is 29.5 Å². The van der Waals surface area contributed by atoms with Gasteiger partial charge in [0.15, 0.2) is 5.78 Å². The number of aliphatic imine (C=N–C) groups is 1. The van der Waals surface area contributed by atoms with Crippen molar-refractivity contribution >= 4 is 11.5 Å². The lowest BCUT2D eigenvalue weighted by molar-refractivity contribution is -0.113. The van der Waals surface area contributed by atoms with Crippen molar-refractivity contribution in [2.45, 2.75) is 80.7 Å². The molecule has 0 aromatic carbocycles. The zero-order valence-corrected chi connectivity index (χ0v) is 18.0. The summed E-state index contributed by atoms with van der Waals surface area (Å²) >= 11 is 0. The highest BCUT2D eigenvalue weighted by Gasteiger charge is 2.24. The molecule has 0 spiro atoms. The van der Waals surface area contributed by atoms with Crippen LogP contribution in [0.2, 0.25) is 0 Å². The third kappa shape index (κ3) is 8.02. The predicted octanol–water partition coefficient (Wildman–Crippen LogP) is 5.87. The normalized spacial score (nSPS) is 16.6. The number of rotatable bonds is 11. The molecule has 3 nitrogen and oxygen atoms in total. The van der Waals surface area contributed by atoms with E-state index in [1.54, 1.807) is 13.0 Å². The smallest absolute Gasteiger partial charge is 0.177 e. The molecule has 0 aliphatic carbocycles. The van der Waals surface area contributed by atoms with Crippen molar-refractivity contribution in [1.82, 2.24) is 4.90 Å². The third-order valence-electron chi connectivity index (χ3n) is 5.29. The maximum Gasteiger partial charge on any atom is 0.177 e. The van der Waals surface area contributed by atoms with Crippen LogP contribution in [0.25, 0.3) is 0 Å². The first kappa shape index (κ1) is 23.6. The Morgan fingerprint density at radius 1 is 1.20 bits per heavy atom. The summed E-state index contributed by atoms with van der Waals surface area (Å²) in [6.07, 6.45) is 5.03. The number of Topliss-reactive ketones (excluding diaryl/α,β-unsaturated/α-hetero) is 1. The van der Waals surface area contributed by atoms with Gasteiger partial charge < -0.3 is 4.90 Å². The van der Waals surface area contributed by atoms with E-state index in [-0.39, 0.29) is 5.78 Å². The second-order valence-corrected chi connectivity index (χ2v) is 7.83. The molecule has 0 aromatic heterocycles. The van der Waals surface area contributed by atoms with Gasteiger partial charge in [0.2, 0.25) is 0 Å². The summed E-state index contributed by atoms with van der Waals surface area (Å²) < 4.78 is 0. The standard InChI is InChI=1S/C22H40N2O/c1-11-16(5)13-18(7)24(10)22(15(3)4)14-17(6)19(8)23-21(12-2)20(9)25/h12,15-17,22H,7,11,13-14H2,1-6,8-10H3/b21-12-,23-19?. The van der Waals surface area contributed by atoms with Crippen molar-refractivity contribution in [2.24, 2.45) is 22.7 Å².